The lowest BCUT2D eigenvalue weighted by molar-refractivity contribution is -0.130. The fourth-order valence-electron chi connectivity index (χ4n) is 1.47. The third-order valence-electron chi connectivity index (χ3n) is 2.19. The van der Waals surface area contributed by atoms with Gasteiger partial charge >= 0.3 is 6.09 Å². The first-order chi connectivity index (χ1) is 6.63. The number of alkyl halides is 1. The van der Waals surface area contributed by atoms with Crippen molar-refractivity contribution in [1.82, 2.24) is 4.90 Å². The van der Waals surface area contributed by atoms with Crippen LogP contribution in [-0.4, -0.2) is 42.0 Å². The van der Waals surface area contributed by atoms with E-state index in [2.05, 4.69) is 0 Å². The Labute approximate surface area is 87.1 Å². The minimum Gasteiger partial charge on any atom is -0.446 e. The molecule has 0 atom stereocenters. The summed E-state index contributed by atoms with van der Waals surface area (Å²) in [6, 6.07) is 0. The third-order valence-corrected chi connectivity index (χ3v) is 2.42. The second kappa shape index (κ2) is 5.05. The summed E-state index contributed by atoms with van der Waals surface area (Å²) in [5, 5.41) is 0. The summed E-state index contributed by atoms with van der Waals surface area (Å²) in [5.74, 6) is -0.0781. The molecule has 2 N–H and O–H groups in total. The quantitative estimate of drug-likeness (QED) is 0.681. The highest BCUT2D eigenvalue weighted by molar-refractivity contribution is 6.27. The van der Waals surface area contributed by atoms with Crippen molar-refractivity contribution >= 4 is 23.6 Å². The predicted octanol–water partition coefficient (Wildman–Crippen LogP) is 0.312. The van der Waals surface area contributed by atoms with Gasteiger partial charge in [0.15, 0.2) is 0 Å². The van der Waals surface area contributed by atoms with Crippen molar-refractivity contribution in [3.63, 3.8) is 0 Å². The van der Waals surface area contributed by atoms with E-state index in [1.54, 1.807) is 4.90 Å². The molecular weight excluding hydrogens is 208 g/mol. The highest BCUT2D eigenvalue weighted by Crippen LogP contribution is 2.13. The number of likely N-dealkylation sites (tertiary alicyclic amines) is 1. The van der Waals surface area contributed by atoms with Gasteiger partial charge in [-0.3, -0.25) is 4.79 Å². The summed E-state index contributed by atoms with van der Waals surface area (Å²) < 4.78 is 4.82. The number of ether oxygens (including phenoxy) is 1. The Morgan fingerprint density at radius 3 is 2.43 bits per heavy atom. The molecule has 0 spiro atoms. The van der Waals surface area contributed by atoms with E-state index >= 15 is 0 Å². The summed E-state index contributed by atoms with van der Waals surface area (Å²) in [5.41, 5.74) is 4.88. The van der Waals surface area contributed by atoms with Crippen LogP contribution in [0.1, 0.15) is 12.8 Å². The van der Waals surface area contributed by atoms with Crippen LogP contribution in [-0.2, 0) is 9.53 Å². The van der Waals surface area contributed by atoms with Gasteiger partial charge in [-0.15, -0.1) is 11.6 Å². The van der Waals surface area contributed by atoms with Gasteiger partial charge in [0.05, 0.1) is 0 Å². The molecule has 0 aliphatic carbocycles. The van der Waals surface area contributed by atoms with Crippen molar-refractivity contribution in [3.8, 4) is 0 Å². The number of primary amides is 1. The molecule has 6 heteroatoms. The monoisotopic (exact) mass is 220 g/mol. The van der Waals surface area contributed by atoms with Crippen LogP contribution in [0, 0.1) is 0 Å². The highest BCUT2D eigenvalue weighted by Gasteiger charge is 2.23. The molecule has 1 rings (SSSR count). The molecule has 1 aliphatic heterocycles. The second-order valence-corrected chi connectivity index (χ2v) is 3.42. The fraction of sp³-hybridized carbons (Fsp3) is 0.750. The van der Waals surface area contributed by atoms with Gasteiger partial charge in [-0.2, -0.15) is 0 Å². The third kappa shape index (κ3) is 3.06. The Balaban J connectivity index is 2.31. The summed E-state index contributed by atoms with van der Waals surface area (Å²) >= 11 is 5.41. The van der Waals surface area contributed by atoms with E-state index in [4.69, 9.17) is 22.1 Å². The standard InChI is InChI=1S/C8H13ClN2O3/c9-5-7(12)11-3-1-6(2-4-11)14-8(10)13/h6H,1-5H2,(H2,10,13). The van der Waals surface area contributed by atoms with E-state index in [1.807, 2.05) is 0 Å². The van der Waals surface area contributed by atoms with Gasteiger partial charge in [-0.1, -0.05) is 0 Å². The molecule has 1 saturated heterocycles. The van der Waals surface area contributed by atoms with Gasteiger partial charge in [0.2, 0.25) is 5.91 Å². The topological polar surface area (TPSA) is 72.6 Å². The van der Waals surface area contributed by atoms with Crippen LogP contribution >= 0.6 is 11.6 Å². The van der Waals surface area contributed by atoms with Crippen LogP contribution in [0.25, 0.3) is 0 Å². The lowest BCUT2D eigenvalue weighted by Crippen LogP contribution is -2.42. The van der Waals surface area contributed by atoms with E-state index in [1.165, 1.54) is 0 Å². The SMILES string of the molecule is NC(=O)OC1CCN(C(=O)CCl)CC1. The lowest BCUT2D eigenvalue weighted by atomic mass is 10.1. The molecule has 0 unspecified atom stereocenters. The molecule has 0 aromatic rings. The maximum absolute atomic E-state index is 11.2. The Morgan fingerprint density at radius 2 is 2.00 bits per heavy atom. The summed E-state index contributed by atoms with van der Waals surface area (Å²) in [4.78, 5) is 23.3. The number of amides is 2. The zero-order valence-electron chi connectivity index (χ0n) is 7.74. The van der Waals surface area contributed by atoms with E-state index in [0.29, 0.717) is 25.9 Å². The fourth-order valence-corrected chi connectivity index (χ4v) is 1.64. The van der Waals surface area contributed by atoms with Crippen LogP contribution in [0.4, 0.5) is 4.79 Å². The maximum Gasteiger partial charge on any atom is 0.404 e. The molecular formula is C8H13ClN2O3. The summed E-state index contributed by atoms with van der Waals surface area (Å²) in [6.45, 7) is 1.15. The second-order valence-electron chi connectivity index (χ2n) is 3.15. The van der Waals surface area contributed by atoms with Gasteiger partial charge in [0.1, 0.15) is 12.0 Å². The molecule has 0 bridgehead atoms. The van der Waals surface area contributed by atoms with Gasteiger partial charge in [-0.25, -0.2) is 4.79 Å². The average molecular weight is 221 g/mol. The van der Waals surface area contributed by atoms with Crippen molar-refractivity contribution in [2.75, 3.05) is 19.0 Å². The molecule has 1 heterocycles. The van der Waals surface area contributed by atoms with E-state index in [-0.39, 0.29) is 17.9 Å². The zero-order chi connectivity index (χ0) is 10.6. The van der Waals surface area contributed by atoms with Crippen LogP contribution < -0.4 is 5.73 Å². The van der Waals surface area contributed by atoms with Crippen molar-refractivity contribution in [2.45, 2.75) is 18.9 Å². The van der Waals surface area contributed by atoms with Gasteiger partial charge in [0.25, 0.3) is 0 Å². The lowest BCUT2D eigenvalue weighted by Gasteiger charge is -2.30. The molecule has 0 aromatic carbocycles. The number of carbonyl (C=O) groups is 2. The first-order valence-corrected chi connectivity index (χ1v) is 4.96. The number of nitrogens with two attached hydrogens (primary N) is 1. The maximum atomic E-state index is 11.2. The Morgan fingerprint density at radius 1 is 1.43 bits per heavy atom. The van der Waals surface area contributed by atoms with Crippen molar-refractivity contribution in [3.05, 3.63) is 0 Å². The van der Waals surface area contributed by atoms with Gasteiger partial charge in [-0.05, 0) is 0 Å². The Hall–Kier alpha value is -0.970. The summed E-state index contributed by atoms with van der Waals surface area (Å²) in [6.07, 6.45) is 0.343. The van der Waals surface area contributed by atoms with E-state index < -0.39 is 6.09 Å². The molecule has 2 amide bonds. The number of hydrogen-bond acceptors (Lipinski definition) is 3. The smallest absolute Gasteiger partial charge is 0.404 e. The average Bonchev–Trinajstić information content (AvgIpc) is 2.17. The van der Waals surface area contributed by atoms with E-state index in [9.17, 15) is 9.59 Å². The number of rotatable bonds is 2. The first-order valence-electron chi connectivity index (χ1n) is 4.43. The molecule has 1 fully saturated rings. The minimum absolute atomic E-state index is 0.00133. The number of piperidine rings is 1. The number of hydrogen-bond donors (Lipinski definition) is 1. The van der Waals surface area contributed by atoms with Gasteiger partial charge in [0, 0.05) is 25.9 Å². The molecule has 14 heavy (non-hydrogen) atoms. The largest absolute Gasteiger partial charge is 0.446 e. The molecule has 0 aromatic heterocycles. The molecule has 0 saturated carbocycles. The first kappa shape index (κ1) is 11.1. The van der Waals surface area contributed by atoms with Crippen LogP contribution in [0.15, 0.2) is 0 Å². The van der Waals surface area contributed by atoms with E-state index in [0.717, 1.165) is 0 Å². The molecule has 5 nitrogen and oxygen atoms in total. The zero-order valence-corrected chi connectivity index (χ0v) is 8.50. The highest BCUT2D eigenvalue weighted by atomic mass is 35.5. The van der Waals surface area contributed by atoms with Crippen LogP contribution in [0.2, 0.25) is 0 Å². The minimum atomic E-state index is -0.757. The van der Waals surface area contributed by atoms with Crippen LogP contribution in [0.5, 0.6) is 0 Å². The summed E-state index contributed by atoms with van der Waals surface area (Å²) in [7, 11) is 0. The Bertz CT molecular complexity index is 227. The molecule has 0 radical (unpaired) electrons. The number of halogens is 1. The number of carbonyl (C=O) groups excluding carboxylic acids is 2. The van der Waals surface area contributed by atoms with Crippen molar-refractivity contribution < 1.29 is 14.3 Å². The Kier molecular flexibility index (Phi) is 4.00. The normalized spacial score (nSPS) is 17.9. The molecule has 1 aliphatic rings. The number of nitrogens with zero attached hydrogens (tertiary/aromatic N) is 1. The van der Waals surface area contributed by atoms with Crippen molar-refractivity contribution in [2.24, 2.45) is 5.73 Å². The van der Waals surface area contributed by atoms with Crippen molar-refractivity contribution in [1.29, 1.82) is 0 Å². The van der Waals surface area contributed by atoms with Crippen LogP contribution in [0.3, 0.4) is 0 Å². The predicted molar refractivity (Wildman–Crippen MR) is 51.0 cm³/mol. The molecule has 80 valence electrons. The van der Waals surface area contributed by atoms with Gasteiger partial charge < -0.3 is 15.4 Å².